The Morgan fingerprint density at radius 2 is 2.26 bits per heavy atom. The number of amides is 1. The van der Waals surface area contributed by atoms with E-state index in [1.165, 1.54) is 19.1 Å². The van der Waals surface area contributed by atoms with Crippen molar-refractivity contribution in [2.75, 3.05) is 13.1 Å². The van der Waals surface area contributed by atoms with Crippen LogP contribution in [0.25, 0.3) is 0 Å². The van der Waals surface area contributed by atoms with E-state index in [1.807, 2.05) is 4.90 Å². The molecule has 1 unspecified atom stereocenters. The van der Waals surface area contributed by atoms with E-state index >= 15 is 0 Å². The number of furan rings is 1. The SMILES string of the molecule is O=C(c1ccoc1Cl)N(CC1CCCCN1)C1CC1. The van der Waals surface area contributed by atoms with E-state index in [-0.39, 0.29) is 11.1 Å². The first-order chi connectivity index (χ1) is 9.25. The maximum atomic E-state index is 12.5. The summed E-state index contributed by atoms with van der Waals surface area (Å²) in [5.41, 5.74) is 0.490. The van der Waals surface area contributed by atoms with Crippen molar-refractivity contribution in [2.24, 2.45) is 0 Å². The van der Waals surface area contributed by atoms with Crippen LogP contribution in [-0.4, -0.2) is 36.0 Å². The van der Waals surface area contributed by atoms with Crippen LogP contribution in [0, 0.1) is 0 Å². The molecule has 1 N–H and O–H groups in total. The Balaban J connectivity index is 1.70. The highest BCUT2D eigenvalue weighted by Crippen LogP contribution is 2.30. The minimum Gasteiger partial charge on any atom is -0.452 e. The second-order valence-electron chi connectivity index (χ2n) is 5.44. The first-order valence-corrected chi connectivity index (χ1v) is 7.41. The van der Waals surface area contributed by atoms with E-state index in [2.05, 4.69) is 5.32 Å². The van der Waals surface area contributed by atoms with Crippen LogP contribution in [0.4, 0.5) is 0 Å². The molecule has 1 aromatic rings. The average molecular weight is 283 g/mol. The third kappa shape index (κ3) is 2.95. The zero-order valence-corrected chi connectivity index (χ0v) is 11.7. The number of nitrogens with zero attached hydrogens (tertiary/aromatic N) is 1. The van der Waals surface area contributed by atoms with Crippen molar-refractivity contribution in [3.63, 3.8) is 0 Å². The van der Waals surface area contributed by atoms with E-state index in [0.29, 0.717) is 17.6 Å². The summed E-state index contributed by atoms with van der Waals surface area (Å²) in [6, 6.07) is 2.47. The lowest BCUT2D eigenvalue weighted by Crippen LogP contribution is -2.46. The lowest BCUT2D eigenvalue weighted by atomic mass is 10.0. The Kier molecular flexibility index (Phi) is 3.80. The van der Waals surface area contributed by atoms with Crippen molar-refractivity contribution in [1.82, 2.24) is 10.2 Å². The van der Waals surface area contributed by atoms with Gasteiger partial charge in [0.2, 0.25) is 5.22 Å². The van der Waals surface area contributed by atoms with Gasteiger partial charge in [-0.1, -0.05) is 6.42 Å². The van der Waals surface area contributed by atoms with Gasteiger partial charge in [-0.2, -0.15) is 0 Å². The lowest BCUT2D eigenvalue weighted by molar-refractivity contribution is 0.0717. The minimum absolute atomic E-state index is 0.00798. The maximum absolute atomic E-state index is 12.5. The first-order valence-electron chi connectivity index (χ1n) is 7.03. The van der Waals surface area contributed by atoms with Gasteiger partial charge >= 0.3 is 0 Å². The summed E-state index contributed by atoms with van der Waals surface area (Å²) < 4.78 is 5.03. The maximum Gasteiger partial charge on any atom is 0.259 e. The molecule has 1 aromatic heterocycles. The van der Waals surface area contributed by atoms with Gasteiger partial charge in [-0.3, -0.25) is 4.79 Å². The van der Waals surface area contributed by atoms with Crippen molar-refractivity contribution in [2.45, 2.75) is 44.2 Å². The molecule has 1 aliphatic heterocycles. The molecule has 1 amide bonds. The number of rotatable bonds is 4. The molecule has 0 aromatic carbocycles. The Hall–Kier alpha value is -1.00. The average Bonchev–Trinajstić information content (AvgIpc) is 3.18. The lowest BCUT2D eigenvalue weighted by Gasteiger charge is -2.30. The molecule has 4 nitrogen and oxygen atoms in total. The van der Waals surface area contributed by atoms with Crippen LogP contribution in [0.3, 0.4) is 0 Å². The molecule has 104 valence electrons. The molecule has 0 spiro atoms. The van der Waals surface area contributed by atoms with Crippen LogP contribution >= 0.6 is 11.6 Å². The molecule has 1 saturated heterocycles. The van der Waals surface area contributed by atoms with E-state index in [4.69, 9.17) is 16.0 Å². The third-order valence-corrected chi connectivity index (χ3v) is 4.22. The summed E-state index contributed by atoms with van der Waals surface area (Å²) in [5, 5.41) is 3.70. The molecule has 2 fully saturated rings. The molecule has 5 heteroatoms. The predicted molar refractivity (Wildman–Crippen MR) is 73.4 cm³/mol. The minimum atomic E-state index is 0.00798. The number of halogens is 1. The highest BCUT2D eigenvalue weighted by molar-refractivity contribution is 6.32. The zero-order valence-electron chi connectivity index (χ0n) is 10.9. The molecule has 2 aliphatic rings. The summed E-state index contributed by atoms with van der Waals surface area (Å²) in [4.78, 5) is 14.5. The van der Waals surface area contributed by atoms with E-state index in [0.717, 1.165) is 32.4 Å². The molecule has 2 heterocycles. The standard InChI is InChI=1S/C14H19ClN2O2/c15-13-12(6-8-19-13)14(18)17(11-4-5-11)9-10-3-1-2-7-16-10/h6,8,10-11,16H,1-5,7,9H2. The van der Waals surface area contributed by atoms with E-state index in [9.17, 15) is 4.79 Å². The fourth-order valence-corrected chi connectivity index (χ4v) is 2.90. The molecule has 19 heavy (non-hydrogen) atoms. The van der Waals surface area contributed by atoms with Gasteiger partial charge in [-0.25, -0.2) is 0 Å². The monoisotopic (exact) mass is 282 g/mol. The van der Waals surface area contributed by atoms with Crippen LogP contribution < -0.4 is 5.32 Å². The summed E-state index contributed by atoms with van der Waals surface area (Å²) in [6.45, 7) is 1.84. The molecule has 0 radical (unpaired) electrons. The van der Waals surface area contributed by atoms with Crippen molar-refractivity contribution in [1.29, 1.82) is 0 Å². The number of hydrogen-bond acceptors (Lipinski definition) is 3. The van der Waals surface area contributed by atoms with Crippen LogP contribution in [0.1, 0.15) is 42.5 Å². The van der Waals surface area contributed by atoms with Crippen molar-refractivity contribution in [3.05, 3.63) is 23.1 Å². The number of piperidine rings is 1. The summed E-state index contributed by atoms with van der Waals surface area (Å²) in [5.74, 6) is 0.00798. The molecular formula is C14H19ClN2O2. The number of nitrogens with one attached hydrogen (secondary N) is 1. The fourth-order valence-electron chi connectivity index (χ4n) is 2.70. The van der Waals surface area contributed by atoms with Gasteiger partial charge < -0.3 is 14.6 Å². The Labute approximate surface area is 118 Å². The highest BCUT2D eigenvalue weighted by Gasteiger charge is 2.35. The van der Waals surface area contributed by atoms with Crippen LogP contribution in [0.15, 0.2) is 16.7 Å². The zero-order chi connectivity index (χ0) is 13.2. The summed E-state index contributed by atoms with van der Waals surface area (Å²) in [7, 11) is 0. The molecule has 1 saturated carbocycles. The summed E-state index contributed by atoms with van der Waals surface area (Å²) >= 11 is 5.92. The number of carbonyl (C=O) groups is 1. The second-order valence-corrected chi connectivity index (χ2v) is 5.79. The number of carbonyl (C=O) groups excluding carboxylic acids is 1. The Morgan fingerprint density at radius 3 is 2.84 bits per heavy atom. The largest absolute Gasteiger partial charge is 0.452 e. The third-order valence-electron chi connectivity index (χ3n) is 3.93. The highest BCUT2D eigenvalue weighted by atomic mass is 35.5. The first kappa shape index (κ1) is 13.0. The second kappa shape index (κ2) is 5.55. The molecule has 0 bridgehead atoms. The predicted octanol–water partition coefficient (Wildman–Crippen LogP) is 2.68. The van der Waals surface area contributed by atoms with Crippen molar-refractivity contribution >= 4 is 17.5 Å². The molecule has 3 rings (SSSR count). The van der Waals surface area contributed by atoms with E-state index in [1.54, 1.807) is 6.07 Å². The molecular weight excluding hydrogens is 264 g/mol. The van der Waals surface area contributed by atoms with Crippen LogP contribution in [0.5, 0.6) is 0 Å². The smallest absolute Gasteiger partial charge is 0.259 e. The van der Waals surface area contributed by atoms with Gasteiger partial charge in [-0.05, 0) is 49.9 Å². The van der Waals surface area contributed by atoms with E-state index < -0.39 is 0 Å². The van der Waals surface area contributed by atoms with Gasteiger partial charge in [0.15, 0.2) is 0 Å². The topological polar surface area (TPSA) is 45.5 Å². The van der Waals surface area contributed by atoms with Gasteiger partial charge in [-0.15, -0.1) is 0 Å². The van der Waals surface area contributed by atoms with Gasteiger partial charge in [0, 0.05) is 18.6 Å². The Bertz CT molecular complexity index is 450. The van der Waals surface area contributed by atoms with Crippen LogP contribution in [-0.2, 0) is 0 Å². The molecule has 1 aliphatic carbocycles. The van der Waals surface area contributed by atoms with Crippen molar-refractivity contribution in [3.8, 4) is 0 Å². The van der Waals surface area contributed by atoms with Crippen molar-refractivity contribution < 1.29 is 9.21 Å². The van der Waals surface area contributed by atoms with Gasteiger partial charge in [0.1, 0.15) is 0 Å². The Morgan fingerprint density at radius 1 is 1.42 bits per heavy atom. The van der Waals surface area contributed by atoms with Crippen LogP contribution in [0.2, 0.25) is 5.22 Å². The molecule has 1 atom stereocenters. The van der Waals surface area contributed by atoms with Gasteiger partial charge in [0.05, 0.1) is 11.8 Å². The normalized spacial score (nSPS) is 23.3. The van der Waals surface area contributed by atoms with Gasteiger partial charge in [0.25, 0.3) is 5.91 Å². The summed E-state index contributed by atoms with van der Waals surface area (Å²) in [6.07, 6.45) is 7.31. The quantitative estimate of drug-likeness (QED) is 0.923. The fraction of sp³-hybridized carbons (Fsp3) is 0.643. The number of hydrogen-bond donors (Lipinski definition) is 1.